The molecule has 10 heteroatoms. The van der Waals surface area contributed by atoms with Gasteiger partial charge in [-0.15, -0.1) is 11.8 Å². The van der Waals surface area contributed by atoms with Crippen LogP contribution in [-0.4, -0.2) is 37.6 Å². The third-order valence-corrected chi connectivity index (χ3v) is 8.14. The van der Waals surface area contributed by atoms with Crippen molar-refractivity contribution in [1.82, 2.24) is 4.57 Å². The van der Waals surface area contributed by atoms with Gasteiger partial charge in [0.25, 0.3) is 5.56 Å². The van der Waals surface area contributed by atoms with E-state index in [1.165, 1.54) is 18.4 Å². The van der Waals surface area contributed by atoms with E-state index < -0.39 is 12.0 Å². The second-order valence-corrected chi connectivity index (χ2v) is 10.5. The van der Waals surface area contributed by atoms with Crippen LogP contribution >= 0.6 is 39.0 Å². The molecule has 2 heterocycles. The number of benzene rings is 2. The molecule has 0 spiro atoms. The highest BCUT2D eigenvalue weighted by atomic mass is 79.9. The molecule has 3 aromatic rings. The van der Waals surface area contributed by atoms with Gasteiger partial charge < -0.3 is 14.2 Å². The summed E-state index contributed by atoms with van der Waals surface area (Å²) in [6.07, 6.45) is 3.86. The fourth-order valence-electron chi connectivity index (χ4n) is 4.02. The zero-order chi connectivity index (χ0) is 26.0. The number of nitrogens with zero attached hydrogens (tertiary/aromatic N) is 2. The van der Waals surface area contributed by atoms with Crippen LogP contribution in [0.15, 0.2) is 66.8 Å². The Morgan fingerprint density at radius 2 is 1.86 bits per heavy atom. The van der Waals surface area contributed by atoms with Gasteiger partial charge in [0.2, 0.25) is 0 Å². The van der Waals surface area contributed by atoms with E-state index >= 15 is 0 Å². The van der Waals surface area contributed by atoms with Crippen LogP contribution in [0.3, 0.4) is 0 Å². The first kappa shape index (κ1) is 26.2. The number of thioether (sulfide) groups is 1. The molecule has 2 aromatic carbocycles. The summed E-state index contributed by atoms with van der Waals surface area (Å²) < 4.78 is 19.0. The Morgan fingerprint density at radius 3 is 2.47 bits per heavy atom. The van der Waals surface area contributed by atoms with Crippen molar-refractivity contribution in [3.63, 3.8) is 0 Å². The van der Waals surface area contributed by atoms with Gasteiger partial charge in [0.1, 0.15) is 0 Å². The zero-order valence-electron chi connectivity index (χ0n) is 20.5. The highest BCUT2D eigenvalue weighted by Crippen LogP contribution is 2.40. The van der Waals surface area contributed by atoms with Crippen molar-refractivity contribution in [3.05, 3.63) is 83.0 Å². The predicted molar refractivity (Wildman–Crippen MR) is 146 cm³/mol. The van der Waals surface area contributed by atoms with Crippen molar-refractivity contribution < 1.29 is 19.0 Å². The standard InChI is InChI=1S/C26H25BrN2O5S2/c1-6-34-25(31)22-14(2)28-26-29(23(22)17-12-19(32-3)20(33-4)13-18(17)27)24(30)21(36-26)11-15-7-9-16(35-5)10-8-15/h7-13,23H,6H2,1-5H3/b21-11-. The third kappa shape index (κ3) is 4.89. The van der Waals surface area contributed by atoms with E-state index in [4.69, 9.17) is 14.2 Å². The molecule has 0 saturated carbocycles. The highest BCUT2D eigenvalue weighted by molar-refractivity contribution is 9.10. The molecule has 0 fully saturated rings. The molecule has 0 saturated heterocycles. The van der Waals surface area contributed by atoms with Crippen LogP contribution in [0, 0.1) is 0 Å². The normalized spacial score (nSPS) is 15.4. The highest BCUT2D eigenvalue weighted by Gasteiger charge is 2.35. The summed E-state index contributed by atoms with van der Waals surface area (Å²) in [5.41, 5.74) is 2.11. The summed E-state index contributed by atoms with van der Waals surface area (Å²) in [5, 5.41) is 0. The number of esters is 1. The summed E-state index contributed by atoms with van der Waals surface area (Å²) >= 11 is 6.55. The fourth-order valence-corrected chi connectivity index (χ4v) is 6.01. The number of aromatic nitrogens is 1. The molecule has 1 aliphatic heterocycles. The lowest BCUT2D eigenvalue weighted by atomic mass is 9.95. The number of carbonyl (C=O) groups excluding carboxylic acids is 1. The maximum absolute atomic E-state index is 13.8. The number of carbonyl (C=O) groups is 1. The van der Waals surface area contributed by atoms with Gasteiger partial charge in [-0.3, -0.25) is 9.36 Å². The Hall–Kier alpha value is -2.82. The molecule has 0 bridgehead atoms. The number of hydrogen-bond acceptors (Lipinski definition) is 8. The van der Waals surface area contributed by atoms with E-state index in [0.717, 1.165) is 10.5 Å². The number of fused-ring (bicyclic) bond motifs is 1. The lowest BCUT2D eigenvalue weighted by Crippen LogP contribution is -2.40. The van der Waals surface area contributed by atoms with Gasteiger partial charge in [0, 0.05) is 9.37 Å². The summed E-state index contributed by atoms with van der Waals surface area (Å²) in [5.74, 6) is 0.476. The molecule has 36 heavy (non-hydrogen) atoms. The number of thiazole rings is 1. The maximum Gasteiger partial charge on any atom is 0.338 e. The number of allylic oxidation sites excluding steroid dienone is 1. The van der Waals surface area contributed by atoms with E-state index in [1.54, 1.807) is 49.4 Å². The Morgan fingerprint density at radius 1 is 1.19 bits per heavy atom. The van der Waals surface area contributed by atoms with Gasteiger partial charge in [-0.1, -0.05) is 39.4 Å². The maximum atomic E-state index is 13.8. The topological polar surface area (TPSA) is 79.1 Å². The van der Waals surface area contributed by atoms with E-state index in [2.05, 4.69) is 20.9 Å². The van der Waals surface area contributed by atoms with Crippen LogP contribution in [0.1, 0.15) is 31.0 Å². The summed E-state index contributed by atoms with van der Waals surface area (Å²) in [4.78, 5) is 33.2. The van der Waals surface area contributed by atoms with E-state index in [1.807, 2.05) is 36.6 Å². The zero-order valence-corrected chi connectivity index (χ0v) is 23.7. The minimum absolute atomic E-state index is 0.200. The number of rotatable bonds is 7. The van der Waals surface area contributed by atoms with E-state index in [0.29, 0.717) is 42.1 Å². The first-order valence-corrected chi connectivity index (χ1v) is 13.9. The minimum Gasteiger partial charge on any atom is -0.493 e. The average Bonchev–Trinajstić information content (AvgIpc) is 3.17. The second kappa shape index (κ2) is 11.1. The molecule has 1 aromatic heterocycles. The SMILES string of the molecule is CCOC(=O)C1=C(C)N=c2s/c(=C\c3ccc(SC)cc3)c(=O)n2C1c1cc(OC)c(OC)cc1Br. The van der Waals surface area contributed by atoms with Crippen LogP contribution in [0.25, 0.3) is 6.08 Å². The molecule has 1 atom stereocenters. The molecule has 0 radical (unpaired) electrons. The predicted octanol–water partition coefficient (Wildman–Crippen LogP) is 4.30. The first-order chi connectivity index (χ1) is 17.3. The largest absolute Gasteiger partial charge is 0.493 e. The van der Waals surface area contributed by atoms with Gasteiger partial charge in [0.15, 0.2) is 16.3 Å². The van der Waals surface area contributed by atoms with E-state index in [9.17, 15) is 9.59 Å². The molecule has 0 aliphatic carbocycles. The molecule has 0 N–H and O–H groups in total. The Bertz CT molecular complexity index is 1520. The fraction of sp³-hybridized carbons (Fsp3) is 0.269. The molecule has 188 valence electrons. The van der Waals surface area contributed by atoms with Gasteiger partial charge >= 0.3 is 5.97 Å². The lowest BCUT2D eigenvalue weighted by Gasteiger charge is -2.26. The van der Waals surface area contributed by atoms with Crippen LogP contribution in [0.4, 0.5) is 0 Å². The monoisotopic (exact) mass is 588 g/mol. The quantitative estimate of drug-likeness (QED) is 0.302. The molecule has 1 unspecified atom stereocenters. The smallest absolute Gasteiger partial charge is 0.338 e. The van der Waals surface area contributed by atoms with Crippen molar-refractivity contribution in [2.75, 3.05) is 27.1 Å². The van der Waals surface area contributed by atoms with Crippen molar-refractivity contribution in [3.8, 4) is 11.5 Å². The Kier molecular flexibility index (Phi) is 8.07. The summed E-state index contributed by atoms with van der Waals surface area (Å²) in [7, 11) is 3.09. The van der Waals surface area contributed by atoms with Crippen molar-refractivity contribution in [2.45, 2.75) is 24.8 Å². The van der Waals surface area contributed by atoms with Crippen molar-refractivity contribution in [1.29, 1.82) is 0 Å². The Balaban J connectivity index is 1.98. The van der Waals surface area contributed by atoms with Gasteiger partial charge in [-0.2, -0.15) is 0 Å². The average molecular weight is 590 g/mol. The van der Waals surface area contributed by atoms with Crippen molar-refractivity contribution >= 4 is 51.1 Å². The molecular formula is C26H25BrN2O5S2. The van der Waals surface area contributed by atoms with Crippen LogP contribution in [-0.2, 0) is 9.53 Å². The lowest BCUT2D eigenvalue weighted by molar-refractivity contribution is -0.139. The Labute approximate surface area is 225 Å². The number of hydrogen-bond donors (Lipinski definition) is 0. The van der Waals surface area contributed by atoms with Crippen LogP contribution < -0.4 is 24.4 Å². The number of halogens is 1. The third-order valence-electron chi connectivity index (χ3n) is 5.73. The van der Waals surface area contributed by atoms with Gasteiger partial charge in [-0.25, -0.2) is 9.79 Å². The van der Waals surface area contributed by atoms with Gasteiger partial charge in [-0.05, 0) is 61.6 Å². The number of ether oxygens (including phenoxy) is 3. The second-order valence-electron chi connectivity index (χ2n) is 7.80. The van der Waals surface area contributed by atoms with E-state index in [-0.39, 0.29) is 12.2 Å². The molecule has 4 rings (SSSR count). The molecule has 0 amide bonds. The number of methoxy groups -OCH3 is 2. The molecule has 1 aliphatic rings. The first-order valence-electron chi connectivity index (χ1n) is 11.1. The minimum atomic E-state index is -0.768. The summed E-state index contributed by atoms with van der Waals surface area (Å²) in [6, 6.07) is 10.7. The molecule has 7 nitrogen and oxygen atoms in total. The molecular weight excluding hydrogens is 564 g/mol. The van der Waals surface area contributed by atoms with Crippen molar-refractivity contribution in [2.24, 2.45) is 4.99 Å². The van der Waals surface area contributed by atoms with Crippen LogP contribution in [0.5, 0.6) is 11.5 Å². The summed E-state index contributed by atoms with van der Waals surface area (Å²) in [6.45, 7) is 3.70. The van der Waals surface area contributed by atoms with Gasteiger partial charge in [0.05, 0.1) is 42.7 Å². The van der Waals surface area contributed by atoms with Crippen LogP contribution in [0.2, 0.25) is 0 Å².